The Labute approximate surface area is 299 Å². The quantitative estimate of drug-likeness (QED) is 0.137. The normalized spacial score (nSPS) is 15.6. The molecular formula is C40H48N6O5. The first-order valence-corrected chi connectivity index (χ1v) is 17.4. The molecular weight excluding hydrogens is 644 g/mol. The summed E-state index contributed by atoms with van der Waals surface area (Å²) in [6, 6.07) is 26.2. The van der Waals surface area contributed by atoms with E-state index < -0.39 is 35.7 Å². The molecule has 11 heteroatoms. The number of carbonyl (C=O) groups is 3. The van der Waals surface area contributed by atoms with Crippen molar-refractivity contribution in [3.05, 3.63) is 120 Å². The molecule has 4 aromatic rings. The van der Waals surface area contributed by atoms with Crippen LogP contribution in [0.2, 0.25) is 0 Å². The second kappa shape index (κ2) is 16.6. The lowest BCUT2D eigenvalue weighted by Crippen LogP contribution is -2.58. The van der Waals surface area contributed by atoms with Crippen LogP contribution < -0.4 is 10.6 Å². The Balaban J connectivity index is 1.38. The third-order valence-corrected chi connectivity index (χ3v) is 9.15. The zero-order chi connectivity index (χ0) is 36.5. The van der Waals surface area contributed by atoms with Gasteiger partial charge in [-0.25, -0.2) is 9.59 Å². The molecule has 1 fully saturated rings. The van der Waals surface area contributed by atoms with Gasteiger partial charge in [0.05, 0.1) is 30.1 Å². The van der Waals surface area contributed by atoms with E-state index in [1.807, 2.05) is 119 Å². The Morgan fingerprint density at radius 1 is 0.863 bits per heavy atom. The van der Waals surface area contributed by atoms with Gasteiger partial charge in [-0.1, -0.05) is 87.5 Å². The first kappa shape index (κ1) is 37.0. The van der Waals surface area contributed by atoms with Crippen LogP contribution in [0.25, 0.3) is 11.3 Å². The zero-order valence-corrected chi connectivity index (χ0v) is 29.7. The molecule has 51 heavy (non-hydrogen) atoms. The average molecular weight is 693 g/mol. The summed E-state index contributed by atoms with van der Waals surface area (Å²) >= 11 is 0. The second-order valence-electron chi connectivity index (χ2n) is 14.3. The summed E-state index contributed by atoms with van der Waals surface area (Å²) in [7, 11) is 0. The summed E-state index contributed by atoms with van der Waals surface area (Å²) in [6.07, 6.45) is 0.109. The predicted molar refractivity (Wildman–Crippen MR) is 196 cm³/mol. The van der Waals surface area contributed by atoms with Gasteiger partial charge in [0.15, 0.2) is 0 Å². The SMILES string of the molecule is Cc1cccc(CN2CCN([C@H](C(=O)N[C@@H](Cc3ccc(-c4ccccn4)cc3)[C@@H](O)C[C@H](Cc3ccccc3)NC(=O)O)C(C)(C)C)C2=O)n1. The lowest BCUT2D eigenvalue weighted by atomic mass is 9.84. The van der Waals surface area contributed by atoms with Crippen molar-refractivity contribution in [2.75, 3.05) is 13.1 Å². The number of aromatic nitrogens is 2. The maximum atomic E-state index is 14.4. The lowest BCUT2D eigenvalue weighted by Gasteiger charge is -2.38. The molecule has 0 spiro atoms. The van der Waals surface area contributed by atoms with Crippen LogP contribution in [0.5, 0.6) is 0 Å². The fourth-order valence-corrected chi connectivity index (χ4v) is 6.74. The highest BCUT2D eigenvalue weighted by molar-refractivity contribution is 5.89. The highest BCUT2D eigenvalue weighted by atomic mass is 16.4. The number of urea groups is 1. The van der Waals surface area contributed by atoms with E-state index in [0.29, 0.717) is 26.1 Å². The van der Waals surface area contributed by atoms with Crippen LogP contribution in [-0.4, -0.2) is 85.3 Å². The molecule has 4 atom stereocenters. The molecule has 1 aliphatic rings. The molecule has 5 rings (SSSR count). The topological polar surface area (TPSA) is 148 Å². The van der Waals surface area contributed by atoms with E-state index in [9.17, 15) is 24.6 Å². The van der Waals surface area contributed by atoms with Crippen molar-refractivity contribution in [3.63, 3.8) is 0 Å². The monoisotopic (exact) mass is 692 g/mol. The second-order valence-corrected chi connectivity index (χ2v) is 14.3. The molecule has 3 heterocycles. The third kappa shape index (κ3) is 10.1. The van der Waals surface area contributed by atoms with E-state index in [1.165, 1.54) is 0 Å². The molecule has 0 radical (unpaired) electrons. The standard InChI is InChI=1S/C40H48N6O5/c1-27-11-10-14-31(42-27)26-45-21-22-46(39(45)51)36(40(2,3)4)37(48)44-34(24-29-16-18-30(19-17-29)33-15-8-9-20-41-33)35(47)25-32(43-38(49)50)23-28-12-6-5-7-13-28/h5-20,32,34-36,43,47H,21-26H2,1-4H3,(H,44,48)(H,49,50)/t32-,34-,35-,36+/m0/s1. The van der Waals surface area contributed by atoms with Gasteiger partial charge in [0, 0.05) is 36.6 Å². The summed E-state index contributed by atoms with van der Waals surface area (Å²) in [5.74, 6) is -0.383. The Morgan fingerprint density at radius 2 is 1.57 bits per heavy atom. The summed E-state index contributed by atoms with van der Waals surface area (Å²) < 4.78 is 0. The van der Waals surface area contributed by atoms with Crippen LogP contribution in [0, 0.1) is 12.3 Å². The van der Waals surface area contributed by atoms with E-state index in [4.69, 9.17) is 0 Å². The first-order chi connectivity index (χ1) is 24.4. The summed E-state index contributed by atoms with van der Waals surface area (Å²) in [6.45, 7) is 8.82. The Bertz CT molecular complexity index is 1760. The minimum absolute atomic E-state index is 0.0538. The molecule has 0 unspecified atom stereocenters. The molecule has 4 N–H and O–H groups in total. The lowest BCUT2D eigenvalue weighted by molar-refractivity contribution is -0.130. The zero-order valence-electron chi connectivity index (χ0n) is 29.7. The predicted octanol–water partition coefficient (Wildman–Crippen LogP) is 5.46. The molecule has 2 aromatic carbocycles. The van der Waals surface area contributed by atoms with Gasteiger partial charge < -0.3 is 30.6 Å². The van der Waals surface area contributed by atoms with Crippen molar-refractivity contribution in [2.24, 2.45) is 5.41 Å². The fraction of sp³-hybridized carbons (Fsp3) is 0.375. The number of nitrogens with one attached hydrogen (secondary N) is 2. The van der Waals surface area contributed by atoms with E-state index in [1.54, 1.807) is 16.0 Å². The summed E-state index contributed by atoms with van der Waals surface area (Å²) in [5.41, 5.74) is 4.54. The molecule has 1 aliphatic heterocycles. The van der Waals surface area contributed by atoms with Crippen LogP contribution in [0.1, 0.15) is 49.7 Å². The maximum absolute atomic E-state index is 14.4. The Morgan fingerprint density at radius 3 is 2.22 bits per heavy atom. The van der Waals surface area contributed by atoms with Gasteiger partial charge in [-0.2, -0.15) is 0 Å². The van der Waals surface area contributed by atoms with Gasteiger partial charge in [0.2, 0.25) is 5.91 Å². The molecule has 0 aliphatic carbocycles. The first-order valence-electron chi connectivity index (χ1n) is 17.4. The minimum Gasteiger partial charge on any atom is -0.465 e. The van der Waals surface area contributed by atoms with Crippen LogP contribution in [0.4, 0.5) is 9.59 Å². The Hall–Kier alpha value is -5.29. The molecule has 0 saturated carbocycles. The number of hydrogen-bond acceptors (Lipinski definition) is 6. The number of pyridine rings is 2. The fourth-order valence-electron chi connectivity index (χ4n) is 6.74. The number of aliphatic hydroxyl groups excluding tert-OH is 1. The number of benzene rings is 2. The molecule has 0 bridgehead atoms. The number of nitrogens with zero attached hydrogens (tertiary/aromatic N) is 4. The molecule has 11 nitrogen and oxygen atoms in total. The number of carbonyl (C=O) groups excluding carboxylic acids is 2. The number of hydrogen-bond donors (Lipinski definition) is 4. The minimum atomic E-state index is -1.19. The molecule has 268 valence electrons. The smallest absolute Gasteiger partial charge is 0.404 e. The van der Waals surface area contributed by atoms with Gasteiger partial charge in [0.25, 0.3) is 0 Å². The van der Waals surface area contributed by atoms with Crippen LogP contribution >= 0.6 is 0 Å². The van der Waals surface area contributed by atoms with Crippen molar-refractivity contribution in [3.8, 4) is 11.3 Å². The van der Waals surface area contributed by atoms with Gasteiger partial charge in [-0.15, -0.1) is 0 Å². The van der Waals surface area contributed by atoms with Crippen molar-refractivity contribution in [2.45, 2.75) is 77.7 Å². The third-order valence-electron chi connectivity index (χ3n) is 9.15. The number of aliphatic hydroxyl groups is 1. The van der Waals surface area contributed by atoms with E-state index in [2.05, 4.69) is 20.6 Å². The highest BCUT2D eigenvalue weighted by Crippen LogP contribution is 2.29. The van der Waals surface area contributed by atoms with Gasteiger partial charge in [0.1, 0.15) is 6.04 Å². The van der Waals surface area contributed by atoms with Crippen molar-refractivity contribution < 1.29 is 24.6 Å². The summed E-state index contributed by atoms with van der Waals surface area (Å²) in [5, 5.41) is 27.1. The van der Waals surface area contributed by atoms with Gasteiger partial charge >= 0.3 is 12.1 Å². The van der Waals surface area contributed by atoms with Crippen LogP contribution in [0.15, 0.2) is 97.2 Å². The van der Waals surface area contributed by atoms with E-state index in [0.717, 1.165) is 33.8 Å². The van der Waals surface area contributed by atoms with E-state index in [-0.39, 0.29) is 24.8 Å². The number of aryl methyl sites for hydroxylation is 1. The van der Waals surface area contributed by atoms with Crippen molar-refractivity contribution >= 4 is 18.0 Å². The van der Waals surface area contributed by atoms with Gasteiger partial charge in [-0.05, 0) is 67.0 Å². The van der Waals surface area contributed by atoms with Gasteiger partial charge in [-0.3, -0.25) is 14.8 Å². The average Bonchev–Trinajstić information content (AvgIpc) is 3.43. The molecule has 1 saturated heterocycles. The van der Waals surface area contributed by atoms with Crippen LogP contribution in [-0.2, 0) is 24.2 Å². The van der Waals surface area contributed by atoms with Crippen molar-refractivity contribution in [1.29, 1.82) is 0 Å². The summed E-state index contributed by atoms with van der Waals surface area (Å²) in [4.78, 5) is 52.2. The van der Waals surface area contributed by atoms with Crippen molar-refractivity contribution in [1.82, 2.24) is 30.4 Å². The number of carboxylic acid groups (broad SMARTS) is 1. The van der Waals surface area contributed by atoms with E-state index >= 15 is 0 Å². The molecule has 4 amide bonds. The number of amides is 4. The highest BCUT2D eigenvalue weighted by Gasteiger charge is 2.44. The largest absolute Gasteiger partial charge is 0.465 e. The Kier molecular flexibility index (Phi) is 12.0. The maximum Gasteiger partial charge on any atom is 0.404 e. The number of rotatable bonds is 14. The van der Waals surface area contributed by atoms with Crippen LogP contribution in [0.3, 0.4) is 0 Å². The molecule has 2 aromatic heterocycles.